The summed E-state index contributed by atoms with van der Waals surface area (Å²) in [6.45, 7) is 13.6. The highest BCUT2D eigenvalue weighted by atomic mass is 31.2. The molecule has 0 rings (SSSR count). The van der Waals surface area contributed by atoms with Crippen molar-refractivity contribution < 1.29 is 14.4 Å². The van der Waals surface area contributed by atoms with E-state index in [0.29, 0.717) is 5.82 Å². The van der Waals surface area contributed by atoms with Gasteiger partial charge in [-0.15, -0.1) is 0 Å². The van der Waals surface area contributed by atoms with Crippen molar-refractivity contribution in [3.8, 4) is 0 Å². The molecule has 0 unspecified atom stereocenters. The Hall–Kier alpha value is -0.150. The van der Waals surface area contributed by atoms with Gasteiger partial charge in [-0.1, -0.05) is 46.6 Å². The van der Waals surface area contributed by atoms with E-state index in [4.69, 9.17) is 9.79 Å². The summed E-state index contributed by atoms with van der Waals surface area (Å²) in [5, 5.41) is 0. The van der Waals surface area contributed by atoms with Crippen molar-refractivity contribution in [3.63, 3.8) is 0 Å². The molecule has 4 nitrogen and oxygen atoms in total. The van der Waals surface area contributed by atoms with Crippen LogP contribution in [-0.4, -0.2) is 34.3 Å². The van der Waals surface area contributed by atoms with Gasteiger partial charge in [0.15, 0.2) is 0 Å². The minimum absolute atomic E-state index is 0.604. The molecule has 0 aliphatic carbocycles. The molecule has 0 aliphatic heterocycles. The van der Waals surface area contributed by atoms with Crippen LogP contribution >= 0.6 is 7.60 Å². The van der Waals surface area contributed by atoms with E-state index in [-0.39, 0.29) is 0 Å². The third-order valence-electron chi connectivity index (χ3n) is 2.72. The molecule has 0 radical (unpaired) electrons. The second-order valence-electron chi connectivity index (χ2n) is 4.67. The second kappa shape index (κ2) is 14.3. The Labute approximate surface area is 119 Å². The van der Waals surface area contributed by atoms with Gasteiger partial charge in [-0.3, -0.25) is 4.57 Å². The maximum absolute atomic E-state index is 9.58. The quantitative estimate of drug-likeness (QED) is 0.598. The summed E-state index contributed by atoms with van der Waals surface area (Å²) in [6, 6.07) is 0. The fraction of sp³-hybridized carbons (Fsp3) is 0.857. The Kier molecular flexibility index (Phi) is 15.9. The minimum atomic E-state index is -3.88. The highest BCUT2D eigenvalue weighted by Crippen LogP contribution is 2.34. The molecule has 2 N–H and O–H groups in total. The zero-order valence-corrected chi connectivity index (χ0v) is 13.7. The molecule has 0 atom stereocenters. The molecule has 116 valence electrons. The maximum Gasteiger partial charge on any atom is 0.348 e. The molecule has 0 aromatic rings. The molecular formula is C14H32NO3P. The fourth-order valence-corrected chi connectivity index (χ4v) is 1.48. The highest BCUT2D eigenvalue weighted by Gasteiger charge is 2.02. The van der Waals surface area contributed by atoms with Gasteiger partial charge in [0.1, 0.15) is 0 Å². The SMILES string of the molecule is C=CP(=O)(O)O.CCCCN(CCCC)CCCC. The fourth-order valence-electron chi connectivity index (χ4n) is 1.48. The van der Waals surface area contributed by atoms with Crippen LogP contribution in [0.4, 0.5) is 0 Å². The first-order valence-corrected chi connectivity index (χ1v) is 9.00. The van der Waals surface area contributed by atoms with E-state index in [9.17, 15) is 4.57 Å². The van der Waals surface area contributed by atoms with Crippen LogP contribution < -0.4 is 0 Å². The third-order valence-corrected chi connectivity index (χ3v) is 3.20. The van der Waals surface area contributed by atoms with Gasteiger partial charge < -0.3 is 14.7 Å². The third kappa shape index (κ3) is 20.3. The van der Waals surface area contributed by atoms with Gasteiger partial charge in [0, 0.05) is 5.82 Å². The molecule has 0 aromatic carbocycles. The number of hydrogen-bond acceptors (Lipinski definition) is 2. The van der Waals surface area contributed by atoms with Crippen molar-refractivity contribution in [2.75, 3.05) is 19.6 Å². The van der Waals surface area contributed by atoms with E-state index in [1.807, 2.05) is 0 Å². The summed E-state index contributed by atoms with van der Waals surface area (Å²) in [7, 11) is -3.88. The van der Waals surface area contributed by atoms with Crippen LogP contribution in [0.1, 0.15) is 59.3 Å². The summed E-state index contributed by atoms with van der Waals surface area (Å²) in [5.41, 5.74) is 0. The molecule has 0 fully saturated rings. The zero-order valence-electron chi connectivity index (χ0n) is 12.8. The first-order valence-electron chi connectivity index (χ1n) is 7.32. The van der Waals surface area contributed by atoms with E-state index in [1.54, 1.807) is 0 Å². The van der Waals surface area contributed by atoms with Crippen molar-refractivity contribution in [1.82, 2.24) is 4.90 Å². The topological polar surface area (TPSA) is 60.8 Å². The summed E-state index contributed by atoms with van der Waals surface area (Å²) in [5.74, 6) is 0.604. The van der Waals surface area contributed by atoms with E-state index in [2.05, 4.69) is 32.3 Å². The largest absolute Gasteiger partial charge is 0.348 e. The Balaban J connectivity index is 0. The van der Waals surface area contributed by atoms with E-state index < -0.39 is 7.60 Å². The van der Waals surface area contributed by atoms with Gasteiger partial charge >= 0.3 is 7.60 Å². The molecule has 19 heavy (non-hydrogen) atoms. The molecule has 0 heterocycles. The van der Waals surface area contributed by atoms with Crippen molar-refractivity contribution in [1.29, 1.82) is 0 Å². The van der Waals surface area contributed by atoms with Gasteiger partial charge in [0.25, 0.3) is 0 Å². The minimum Gasteiger partial charge on any atom is -0.321 e. The van der Waals surface area contributed by atoms with E-state index in [1.165, 1.54) is 58.2 Å². The van der Waals surface area contributed by atoms with E-state index >= 15 is 0 Å². The van der Waals surface area contributed by atoms with Crippen molar-refractivity contribution in [2.45, 2.75) is 59.3 Å². The average molecular weight is 293 g/mol. The number of nitrogens with zero attached hydrogens (tertiary/aromatic N) is 1. The number of rotatable bonds is 10. The van der Waals surface area contributed by atoms with Crippen molar-refractivity contribution in [3.05, 3.63) is 12.4 Å². The van der Waals surface area contributed by atoms with Crippen LogP contribution in [0.25, 0.3) is 0 Å². The lowest BCUT2D eigenvalue weighted by molar-refractivity contribution is 0.261. The monoisotopic (exact) mass is 293 g/mol. The van der Waals surface area contributed by atoms with Gasteiger partial charge in [-0.25, -0.2) is 0 Å². The average Bonchev–Trinajstić information content (AvgIpc) is 2.38. The molecule has 0 aliphatic rings. The zero-order chi connectivity index (χ0) is 15.1. The maximum atomic E-state index is 9.58. The summed E-state index contributed by atoms with van der Waals surface area (Å²) in [4.78, 5) is 18.3. The predicted molar refractivity (Wildman–Crippen MR) is 83.4 cm³/mol. The first-order chi connectivity index (χ1) is 8.91. The lowest BCUT2D eigenvalue weighted by atomic mass is 10.2. The molecule has 0 aromatic heterocycles. The van der Waals surface area contributed by atoms with Crippen LogP contribution in [0, 0.1) is 0 Å². The van der Waals surface area contributed by atoms with Crippen LogP contribution in [0.15, 0.2) is 12.4 Å². The predicted octanol–water partition coefficient (Wildman–Crippen LogP) is 4.00. The first kappa shape index (κ1) is 21.2. The Morgan fingerprint density at radius 1 is 0.947 bits per heavy atom. The standard InChI is InChI=1S/C12H27N.C2H5O3P/c1-4-7-10-13(11-8-5-2)12-9-6-3;1-2-6(3,4)5/h4-12H2,1-3H3;2H,1H2,(H2,3,4,5). The van der Waals surface area contributed by atoms with Crippen LogP contribution in [-0.2, 0) is 4.57 Å². The Morgan fingerprint density at radius 3 is 1.37 bits per heavy atom. The lowest BCUT2D eigenvalue weighted by Crippen LogP contribution is -2.27. The Morgan fingerprint density at radius 2 is 1.21 bits per heavy atom. The van der Waals surface area contributed by atoms with Gasteiger partial charge in [0.05, 0.1) is 0 Å². The number of hydrogen-bond donors (Lipinski definition) is 2. The summed E-state index contributed by atoms with van der Waals surface area (Å²) >= 11 is 0. The normalized spacial score (nSPS) is 11.1. The molecule has 0 amide bonds. The molecule has 0 saturated heterocycles. The highest BCUT2D eigenvalue weighted by molar-refractivity contribution is 7.55. The molecule has 0 saturated carbocycles. The smallest absolute Gasteiger partial charge is 0.321 e. The molecular weight excluding hydrogens is 261 g/mol. The van der Waals surface area contributed by atoms with Gasteiger partial charge in [0.2, 0.25) is 0 Å². The van der Waals surface area contributed by atoms with Gasteiger partial charge in [-0.2, -0.15) is 0 Å². The summed E-state index contributed by atoms with van der Waals surface area (Å²) in [6.07, 6.45) is 8.09. The lowest BCUT2D eigenvalue weighted by Gasteiger charge is -2.21. The van der Waals surface area contributed by atoms with Crippen LogP contribution in [0.5, 0.6) is 0 Å². The second-order valence-corrected chi connectivity index (χ2v) is 6.22. The van der Waals surface area contributed by atoms with Crippen LogP contribution in [0.2, 0.25) is 0 Å². The van der Waals surface area contributed by atoms with Crippen LogP contribution in [0.3, 0.4) is 0 Å². The summed E-state index contributed by atoms with van der Waals surface area (Å²) < 4.78 is 9.58. The molecule has 0 spiro atoms. The van der Waals surface area contributed by atoms with Crippen molar-refractivity contribution >= 4 is 7.60 Å². The van der Waals surface area contributed by atoms with Gasteiger partial charge in [-0.05, 0) is 38.9 Å². The Bertz CT molecular complexity index is 222. The molecule has 5 heteroatoms. The number of unbranched alkanes of at least 4 members (excludes halogenated alkanes) is 3. The van der Waals surface area contributed by atoms with Crippen molar-refractivity contribution in [2.24, 2.45) is 0 Å². The van der Waals surface area contributed by atoms with E-state index in [0.717, 1.165) is 0 Å². The molecule has 0 bridgehead atoms.